The van der Waals surface area contributed by atoms with Gasteiger partial charge in [-0.1, -0.05) is 18.2 Å². The number of benzene rings is 2. The van der Waals surface area contributed by atoms with Gasteiger partial charge in [0.2, 0.25) is 0 Å². The van der Waals surface area contributed by atoms with E-state index in [0.717, 1.165) is 11.3 Å². The molecule has 2 atom stereocenters. The lowest BCUT2D eigenvalue weighted by atomic mass is 10.1. The number of nitrogens with one attached hydrogen (secondary N) is 1. The molecule has 2 aromatic rings. The molecule has 7 nitrogen and oxygen atoms in total. The lowest BCUT2D eigenvalue weighted by molar-refractivity contribution is 0.340. The van der Waals surface area contributed by atoms with Crippen LogP contribution < -0.4 is 14.8 Å². The molecule has 0 spiro atoms. The van der Waals surface area contributed by atoms with E-state index in [9.17, 15) is 16.8 Å². The van der Waals surface area contributed by atoms with E-state index >= 15 is 0 Å². The summed E-state index contributed by atoms with van der Waals surface area (Å²) in [4.78, 5) is 0.101. The first-order chi connectivity index (χ1) is 14.3. The van der Waals surface area contributed by atoms with E-state index in [-0.39, 0.29) is 16.4 Å². The molecule has 0 aliphatic carbocycles. The van der Waals surface area contributed by atoms with Crippen molar-refractivity contribution < 1.29 is 26.3 Å². The van der Waals surface area contributed by atoms with Crippen LogP contribution in [0.5, 0.6) is 11.5 Å². The third kappa shape index (κ3) is 5.14. The van der Waals surface area contributed by atoms with Gasteiger partial charge >= 0.3 is 0 Å². The predicted molar refractivity (Wildman–Crippen MR) is 116 cm³/mol. The van der Waals surface area contributed by atoms with E-state index in [1.54, 1.807) is 19.2 Å². The van der Waals surface area contributed by atoms with Gasteiger partial charge in [-0.3, -0.25) is 0 Å². The van der Waals surface area contributed by atoms with Gasteiger partial charge in [-0.15, -0.1) is 0 Å². The number of para-hydroxylation sites is 1. The molecule has 164 valence electrons. The Morgan fingerprint density at radius 2 is 1.77 bits per heavy atom. The molecule has 0 amide bonds. The monoisotopic (exact) mass is 453 g/mol. The molecule has 3 rings (SSSR count). The number of hydrogen-bond donors (Lipinski definition) is 1. The first-order valence-corrected chi connectivity index (χ1v) is 13.2. The van der Waals surface area contributed by atoms with Crippen molar-refractivity contribution in [3.05, 3.63) is 54.1 Å². The number of hydrogen-bond acceptors (Lipinski definition) is 7. The van der Waals surface area contributed by atoms with Gasteiger partial charge in [0.1, 0.15) is 11.5 Å². The van der Waals surface area contributed by atoms with Crippen molar-refractivity contribution in [2.75, 3.05) is 31.8 Å². The molecule has 0 unspecified atom stereocenters. The van der Waals surface area contributed by atoms with Gasteiger partial charge in [-0.05, 0) is 55.8 Å². The summed E-state index contributed by atoms with van der Waals surface area (Å²) in [5.74, 6) is 0.744. The SMILES string of the molecule is CCOc1ccc(S(=O)(=O)[C@H]2CS(=O)(=O)C[C@@H]2NCCc2ccccc2OC)cc1. The Hall–Kier alpha value is -2.10. The van der Waals surface area contributed by atoms with Crippen LogP contribution in [0.3, 0.4) is 0 Å². The van der Waals surface area contributed by atoms with Crippen molar-refractivity contribution in [3.8, 4) is 11.5 Å². The highest BCUT2D eigenvalue weighted by molar-refractivity contribution is 7.96. The first kappa shape index (κ1) is 22.6. The quantitative estimate of drug-likeness (QED) is 0.619. The van der Waals surface area contributed by atoms with E-state index in [2.05, 4.69) is 5.32 Å². The molecule has 1 aliphatic heterocycles. The Bertz CT molecular complexity index is 1060. The molecule has 1 aliphatic rings. The minimum atomic E-state index is -3.82. The minimum absolute atomic E-state index is 0.101. The molecule has 1 fully saturated rings. The number of ether oxygens (including phenoxy) is 2. The number of rotatable bonds is 9. The lowest BCUT2D eigenvalue weighted by Gasteiger charge is -2.20. The summed E-state index contributed by atoms with van der Waals surface area (Å²) in [6.45, 7) is 2.76. The van der Waals surface area contributed by atoms with E-state index in [4.69, 9.17) is 9.47 Å². The van der Waals surface area contributed by atoms with Crippen molar-refractivity contribution in [1.29, 1.82) is 0 Å². The third-order valence-corrected chi connectivity index (χ3v) is 9.32. The Morgan fingerprint density at radius 1 is 1.07 bits per heavy atom. The first-order valence-electron chi connectivity index (χ1n) is 9.79. The Balaban J connectivity index is 1.75. The van der Waals surface area contributed by atoms with Gasteiger partial charge in [0.15, 0.2) is 19.7 Å². The van der Waals surface area contributed by atoms with E-state index in [1.165, 1.54) is 12.1 Å². The van der Waals surface area contributed by atoms with Gasteiger partial charge in [-0.25, -0.2) is 16.8 Å². The molecule has 1 heterocycles. The Kier molecular flexibility index (Phi) is 7.05. The second-order valence-corrected chi connectivity index (χ2v) is 11.5. The smallest absolute Gasteiger partial charge is 0.183 e. The van der Waals surface area contributed by atoms with E-state index in [1.807, 2.05) is 31.2 Å². The lowest BCUT2D eigenvalue weighted by Crippen LogP contribution is -2.44. The van der Waals surface area contributed by atoms with E-state index < -0.39 is 31.0 Å². The molecule has 0 radical (unpaired) electrons. The highest BCUT2D eigenvalue weighted by atomic mass is 32.2. The van der Waals surface area contributed by atoms with Crippen molar-refractivity contribution in [3.63, 3.8) is 0 Å². The second kappa shape index (κ2) is 9.36. The average molecular weight is 454 g/mol. The molecule has 1 saturated heterocycles. The summed E-state index contributed by atoms with van der Waals surface area (Å²) in [5, 5.41) is 2.13. The van der Waals surface area contributed by atoms with Crippen LogP contribution >= 0.6 is 0 Å². The molecule has 9 heteroatoms. The van der Waals surface area contributed by atoms with Crippen LogP contribution in [-0.2, 0) is 26.1 Å². The largest absolute Gasteiger partial charge is 0.496 e. The molecular weight excluding hydrogens is 426 g/mol. The van der Waals surface area contributed by atoms with Gasteiger partial charge in [0.05, 0.1) is 35.4 Å². The van der Waals surface area contributed by atoms with Crippen molar-refractivity contribution in [2.24, 2.45) is 0 Å². The van der Waals surface area contributed by atoms with E-state index in [0.29, 0.717) is 25.3 Å². The molecular formula is C21H27NO6S2. The zero-order valence-electron chi connectivity index (χ0n) is 17.1. The predicted octanol–water partition coefficient (Wildman–Crippen LogP) is 1.87. The fraction of sp³-hybridized carbons (Fsp3) is 0.429. The number of sulfone groups is 2. The van der Waals surface area contributed by atoms with Crippen LogP contribution in [0, 0.1) is 0 Å². The number of methoxy groups -OCH3 is 1. The maximum absolute atomic E-state index is 13.2. The van der Waals surface area contributed by atoms with Crippen LogP contribution in [-0.4, -0.2) is 59.9 Å². The summed E-state index contributed by atoms with van der Waals surface area (Å²) in [7, 11) is -5.68. The molecule has 2 aromatic carbocycles. The van der Waals surface area contributed by atoms with Crippen LogP contribution in [0.2, 0.25) is 0 Å². The van der Waals surface area contributed by atoms with Crippen molar-refractivity contribution in [1.82, 2.24) is 5.32 Å². The maximum Gasteiger partial charge on any atom is 0.183 e. The Labute approximate surface area is 178 Å². The fourth-order valence-electron chi connectivity index (χ4n) is 3.68. The van der Waals surface area contributed by atoms with Crippen LogP contribution in [0.15, 0.2) is 53.4 Å². The molecule has 0 saturated carbocycles. The van der Waals surface area contributed by atoms with Gasteiger partial charge in [0.25, 0.3) is 0 Å². The third-order valence-electron chi connectivity index (χ3n) is 5.16. The van der Waals surface area contributed by atoms with Gasteiger partial charge in [0, 0.05) is 6.04 Å². The maximum atomic E-state index is 13.2. The molecule has 0 bridgehead atoms. The average Bonchev–Trinajstić information content (AvgIpc) is 3.04. The van der Waals surface area contributed by atoms with Crippen LogP contribution in [0.25, 0.3) is 0 Å². The summed E-state index contributed by atoms with van der Waals surface area (Å²) >= 11 is 0. The van der Waals surface area contributed by atoms with Gasteiger partial charge < -0.3 is 14.8 Å². The fourth-order valence-corrected chi connectivity index (χ4v) is 8.40. The summed E-state index contributed by atoms with van der Waals surface area (Å²) in [6.07, 6.45) is 0.594. The highest BCUT2D eigenvalue weighted by Gasteiger charge is 2.45. The normalized spacial score (nSPS) is 20.7. The van der Waals surface area contributed by atoms with Gasteiger partial charge in [-0.2, -0.15) is 0 Å². The molecule has 30 heavy (non-hydrogen) atoms. The summed E-state index contributed by atoms with van der Waals surface area (Å²) in [5.41, 5.74) is 0.972. The van der Waals surface area contributed by atoms with Crippen molar-refractivity contribution in [2.45, 2.75) is 29.5 Å². The zero-order chi connectivity index (χ0) is 21.8. The van der Waals surface area contributed by atoms with Crippen LogP contribution in [0.4, 0.5) is 0 Å². The Morgan fingerprint density at radius 3 is 2.43 bits per heavy atom. The zero-order valence-corrected chi connectivity index (χ0v) is 18.7. The standard InChI is InChI=1S/C21H27NO6S2/c1-3-28-17-8-10-18(11-9-17)30(25,26)21-15-29(23,24)14-19(21)22-13-12-16-6-4-5-7-20(16)27-2/h4-11,19,21-22H,3,12-15H2,1-2H3/t19-,21-/m0/s1. The second-order valence-electron chi connectivity index (χ2n) is 7.19. The topological polar surface area (TPSA) is 98.8 Å². The summed E-state index contributed by atoms with van der Waals surface area (Å²) < 4.78 is 61.5. The van der Waals surface area contributed by atoms with Crippen LogP contribution in [0.1, 0.15) is 12.5 Å². The summed E-state index contributed by atoms with van der Waals surface area (Å²) in [6, 6.07) is 13.0. The highest BCUT2D eigenvalue weighted by Crippen LogP contribution is 2.27. The van der Waals surface area contributed by atoms with Crippen molar-refractivity contribution >= 4 is 19.7 Å². The molecule has 1 N–H and O–H groups in total. The molecule has 0 aromatic heterocycles. The minimum Gasteiger partial charge on any atom is -0.496 e.